The molecule has 2 aromatic carbocycles. The largest absolute Gasteiger partial charge is 0.416 e. The minimum absolute atomic E-state index is 0.0856. The van der Waals surface area contributed by atoms with Crippen molar-refractivity contribution in [1.82, 2.24) is 9.97 Å². The van der Waals surface area contributed by atoms with Gasteiger partial charge in [-0.15, -0.1) is 11.3 Å². The zero-order valence-electron chi connectivity index (χ0n) is 16.5. The number of carbonyl (C=O) groups is 1. The fourth-order valence-corrected chi connectivity index (χ4v) is 5.06. The first-order chi connectivity index (χ1) is 15.2. The van der Waals surface area contributed by atoms with E-state index in [4.69, 9.17) is 11.6 Å². The second kappa shape index (κ2) is 9.09. The van der Waals surface area contributed by atoms with Crippen LogP contribution in [0.3, 0.4) is 0 Å². The molecule has 0 radical (unpaired) electrons. The number of benzene rings is 2. The lowest BCUT2D eigenvalue weighted by atomic mass is 10.1. The van der Waals surface area contributed by atoms with Gasteiger partial charge in [0.05, 0.1) is 16.2 Å². The van der Waals surface area contributed by atoms with Crippen molar-refractivity contribution in [2.24, 2.45) is 0 Å². The molecule has 0 spiro atoms. The van der Waals surface area contributed by atoms with Crippen LogP contribution in [0.2, 0.25) is 5.02 Å². The SMILES string of the molecule is CC(Sc1ncnc2scc(-c3ccc(Cl)cc3)c12)C(=O)Nc1cccc(C(F)(F)F)c1. The van der Waals surface area contributed by atoms with E-state index in [0.717, 1.165) is 33.5 Å². The molecule has 1 amide bonds. The van der Waals surface area contributed by atoms with Gasteiger partial charge in [-0.2, -0.15) is 13.2 Å². The minimum Gasteiger partial charge on any atom is -0.325 e. The Morgan fingerprint density at radius 1 is 1.16 bits per heavy atom. The van der Waals surface area contributed by atoms with Crippen LogP contribution in [0.25, 0.3) is 21.3 Å². The van der Waals surface area contributed by atoms with Crippen LogP contribution < -0.4 is 5.32 Å². The minimum atomic E-state index is -4.48. The van der Waals surface area contributed by atoms with Crippen LogP contribution in [0.5, 0.6) is 0 Å². The highest BCUT2D eigenvalue weighted by Crippen LogP contribution is 2.39. The molecular weight excluding hydrogens is 479 g/mol. The van der Waals surface area contributed by atoms with Gasteiger partial charge in [-0.25, -0.2) is 9.97 Å². The van der Waals surface area contributed by atoms with Crippen molar-refractivity contribution in [1.29, 1.82) is 0 Å². The Morgan fingerprint density at radius 2 is 1.91 bits per heavy atom. The van der Waals surface area contributed by atoms with Gasteiger partial charge in [0.1, 0.15) is 16.2 Å². The van der Waals surface area contributed by atoms with Crippen molar-refractivity contribution in [2.75, 3.05) is 5.32 Å². The van der Waals surface area contributed by atoms with Crippen molar-refractivity contribution in [3.8, 4) is 11.1 Å². The Hall–Kier alpha value is -2.62. The number of amides is 1. The lowest BCUT2D eigenvalue weighted by molar-refractivity contribution is -0.137. The molecule has 2 aromatic heterocycles. The predicted octanol–water partition coefficient (Wildman–Crippen LogP) is 7.15. The van der Waals surface area contributed by atoms with Crippen molar-refractivity contribution in [2.45, 2.75) is 23.4 Å². The number of aromatic nitrogens is 2. The van der Waals surface area contributed by atoms with Crippen LogP contribution in [0.4, 0.5) is 18.9 Å². The average molecular weight is 494 g/mol. The summed E-state index contributed by atoms with van der Waals surface area (Å²) >= 11 is 8.68. The van der Waals surface area contributed by atoms with Gasteiger partial charge >= 0.3 is 6.18 Å². The lowest BCUT2D eigenvalue weighted by Gasteiger charge is -2.14. The van der Waals surface area contributed by atoms with Crippen molar-refractivity contribution in [3.63, 3.8) is 0 Å². The zero-order chi connectivity index (χ0) is 22.9. The Labute approximate surface area is 194 Å². The van der Waals surface area contributed by atoms with E-state index in [1.54, 1.807) is 19.1 Å². The van der Waals surface area contributed by atoms with Gasteiger partial charge in [0.15, 0.2) is 0 Å². The van der Waals surface area contributed by atoms with Gasteiger partial charge in [0.25, 0.3) is 0 Å². The van der Waals surface area contributed by atoms with E-state index >= 15 is 0 Å². The topological polar surface area (TPSA) is 54.9 Å². The summed E-state index contributed by atoms with van der Waals surface area (Å²) in [6.07, 6.45) is -3.05. The number of nitrogens with one attached hydrogen (secondary N) is 1. The number of rotatable bonds is 5. The standard InChI is InChI=1S/C22H15ClF3N3OS2/c1-12(19(30)29-16-4-2-3-14(9-16)22(24,25)26)32-21-18-17(10-31-20(18)27-11-28-21)13-5-7-15(23)8-6-13/h2-12H,1H3,(H,29,30). The maximum absolute atomic E-state index is 12.9. The fraction of sp³-hybridized carbons (Fsp3) is 0.136. The van der Waals surface area contributed by atoms with Crippen LogP contribution in [-0.2, 0) is 11.0 Å². The van der Waals surface area contributed by atoms with E-state index in [1.165, 1.54) is 41.6 Å². The molecule has 2 heterocycles. The summed E-state index contributed by atoms with van der Waals surface area (Å²) in [5.74, 6) is -0.427. The maximum Gasteiger partial charge on any atom is 0.416 e. The monoisotopic (exact) mass is 493 g/mol. The van der Waals surface area contributed by atoms with E-state index in [-0.39, 0.29) is 5.69 Å². The number of thioether (sulfide) groups is 1. The molecule has 4 rings (SSSR count). The van der Waals surface area contributed by atoms with Gasteiger partial charge < -0.3 is 5.32 Å². The molecule has 164 valence electrons. The number of thiophene rings is 1. The number of carbonyl (C=O) groups excluding carboxylic acids is 1. The summed E-state index contributed by atoms with van der Waals surface area (Å²) in [6.45, 7) is 1.68. The summed E-state index contributed by atoms with van der Waals surface area (Å²) in [5, 5.41) is 5.98. The van der Waals surface area contributed by atoms with Crippen LogP contribution in [-0.4, -0.2) is 21.1 Å². The molecule has 0 aliphatic rings. The third kappa shape index (κ3) is 4.90. The summed E-state index contributed by atoms with van der Waals surface area (Å²) in [5.41, 5.74) is 1.13. The zero-order valence-corrected chi connectivity index (χ0v) is 18.9. The van der Waals surface area contributed by atoms with Crippen molar-refractivity contribution in [3.05, 3.63) is 70.8 Å². The number of hydrogen-bond donors (Lipinski definition) is 1. The van der Waals surface area contributed by atoms with E-state index < -0.39 is 22.9 Å². The molecule has 0 bridgehead atoms. The number of alkyl halides is 3. The van der Waals surface area contributed by atoms with Crippen molar-refractivity contribution < 1.29 is 18.0 Å². The number of hydrogen-bond acceptors (Lipinski definition) is 5. The second-order valence-corrected chi connectivity index (χ2v) is 9.47. The van der Waals surface area contributed by atoms with Crippen LogP contribution >= 0.6 is 34.7 Å². The first-order valence-corrected chi connectivity index (χ1v) is 11.5. The molecule has 0 saturated heterocycles. The van der Waals surface area contributed by atoms with E-state index in [1.807, 2.05) is 17.5 Å². The van der Waals surface area contributed by atoms with Gasteiger partial charge in [-0.05, 0) is 42.8 Å². The number of anilines is 1. The molecule has 1 unspecified atom stereocenters. The molecule has 0 fully saturated rings. The fourth-order valence-electron chi connectivity index (χ4n) is 3.02. The average Bonchev–Trinajstić information content (AvgIpc) is 3.19. The number of nitrogens with zero attached hydrogens (tertiary/aromatic N) is 2. The Morgan fingerprint density at radius 3 is 2.62 bits per heavy atom. The van der Waals surface area contributed by atoms with Crippen LogP contribution in [0.15, 0.2) is 65.3 Å². The molecule has 0 aliphatic carbocycles. The van der Waals surface area contributed by atoms with E-state index in [2.05, 4.69) is 15.3 Å². The molecule has 1 atom stereocenters. The number of fused-ring (bicyclic) bond motifs is 1. The summed E-state index contributed by atoms with van der Waals surface area (Å²) in [7, 11) is 0. The summed E-state index contributed by atoms with van der Waals surface area (Å²) in [4.78, 5) is 22.1. The first kappa shape index (κ1) is 22.6. The summed E-state index contributed by atoms with van der Waals surface area (Å²) < 4.78 is 38.8. The maximum atomic E-state index is 12.9. The Kier molecular flexibility index (Phi) is 6.41. The van der Waals surface area contributed by atoms with Crippen molar-refractivity contribution >= 4 is 56.5 Å². The predicted molar refractivity (Wildman–Crippen MR) is 123 cm³/mol. The lowest BCUT2D eigenvalue weighted by Crippen LogP contribution is -2.22. The molecule has 10 heteroatoms. The number of halogens is 4. The quantitative estimate of drug-likeness (QED) is 0.237. The Balaban J connectivity index is 1.57. The first-order valence-electron chi connectivity index (χ1n) is 9.35. The second-order valence-electron chi connectivity index (χ2n) is 6.84. The third-order valence-corrected chi connectivity index (χ3v) is 6.84. The van der Waals surface area contributed by atoms with E-state index in [9.17, 15) is 18.0 Å². The van der Waals surface area contributed by atoms with E-state index in [0.29, 0.717) is 10.0 Å². The molecule has 4 aromatic rings. The van der Waals surface area contributed by atoms with Crippen LogP contribution in [0.1, 0.15) is 12.5 Å². The third-order valence-electron chi connectivity index (χ3n) is 4.61. The molecule has 4 nitrogen and oxygen atoms in total. The Bertz CT molecular complexity index is 1280. The molecule has 0 aliphatic heterocycles. The normalized spacial score (nSPS) is 12.7. The summed E-state index contributed by atoms with van der Waals surface area (Å²) in [6, 6.07) is 11.9. The smallest absolute Gasteiger partial charge is 0.325 e. The highest BCUT2D eigenvalue weighted by Gasteiger charge is 2.30. The highest BCUT2D eigenvalue weighted by atomic mass is 35.5. The van der Waals surface area contributed by atoms with Gasteiger partial charge in [-0.1, -0.05) is 41.6 Å². The molecular formula is C22H15ClF3N3OS2. The molecule has 0 saturated carbocycles. The molecule has 1 N–H and O–H groups in total. The highest BCUT2D eigenvalue weighted by molar-refractivity contribution is 8.00. The van der Waals surface area contributed by atoms with Gasteiger partial charge in [0, 0.05) is 21.7 Å². The molecule has 32 heavy (non-hydrogen) atoms. The van der Waals surface area contributed by atoms with Gasteiger partial charge in [-0.3, -0.25) is 4.79 Å². The van der Waals surface area contributed by atoms with Gasteiger partial charge in [0.2, 0.25) is 5.91 Å². The van der Waals surface area contributed by atoms with Crippen LogP contribution in [0, 0.1) is 0 Å².